The van der Waals surface area contributed by atoms with Gasteiger partial charge in [-0.05, 0) is 32.2 Å². The van der Waals surface area contributed by atoms with Crippen LogP contribution in [-0.2, 0) is 4.74 Å². The van der Waals surface area contributed by atoms with Crippen LogP contribution in [-0.4, -0.2) is 49.8 Å². The SMILES string of the molecule is CCCNCCN1CCOC2CCCC21. The topological polar surface area (TPSA) is 24.5 Å². The summed E-state index contributed by atoms with van der Waals surface area (Å²) in [4.78, 5) is 2.63. The monoisotopic (exact) mass is 212 g/mol. The molecule has 0 radical (unpaired) electrons. The van der Waals surface area contributed by atoms with Crippen molar-refractivity contribution in [2.45, 2.75) is 44.8 Å². The maximum Gasteiger partial charge on any atom is 0.0730 e. The normalized spacial score (nSPS) is 31.8. The predicted molar refractivity (Wildman–Crippen MR) is 62.1 cm³/mol. The van der Waals surface area contributed by atoms with Crippen molar-refractivity contribution < 1.29 is 4.74 Å². The van der Waals surface area contributed by atoms with Crippen LogP contribution in [0.15, 0.2) is 0 Å². The lowest BCUT2D eigenvalue weighted by molar-refractivity contribution is -0.0548. The zero-order valence-corrected chi connectivity index (χ0v) is 9.87. The molecule has 1 heterocycles. The third-order valence-corrected chi connectivity index (χ3v) is 3.60. The van der Waals surface area contributed by atoms with Crippen molar-refractivity contribution in [1.29, 1.82) is 0 Å². The summed E-state index contributed by atoms with van der Waals surface area (Å²) in [5.41, 5.74) is 0. The van der Waals surface area contributed by atoms with E-state index in [1.54, 1.807) is 0 Å². The molecule has 2 rings (SSSR count). The zero-order valence-electron chi connectivity index (χ0n) is 9.87. The first kappa shape index (κ1) is 11.4. The smallest absolute Gasteiger partial charge is 0.0730 e. The molecule has 3 heteroatoms. The minimum absolute atomic E-state index is 0.546. The summed E-state index contributed by atoms with van der Waals surface area (Å²) in [6.07, 6.45) is 5.76. The largest absolute Gasteiger partial charge is 0.375 e. The van der Waals surface area contributed by atoms with Gasteiger partial charge in [-0.3, -0.25) is 4.90 Å². The van der Waals surface area contributed by atoms with Crippen LogP contribution in [0.2, 0.25) is 0 Å². The summed E-state index contributed by atoms with van der Waals surface area (Å²) in [5.74, 6) is 0. The lowest BCUT2D eigenvalue weighted by Crippen LogP contribution is -2.50. The average molecular weight is 212 g/mol. The van der Waals surface area contributed by atoms with Gasteiger partial charge in [0.1, 0.15) is 0 Å². The van der Waals surface area contributed by atoms with Gasteiger partial charge in [0.15, 0.2) is 0 Å². The van der Waals surface area contributed by atoms with E-state index in [9.17, 15) is 0 Å². The zero-order chi connectivity index (χ0) is 10.5. The molecule has 2 unspecified atom stereocenters. The molecule has 2 aliphatic rings. The lowest BCUT2D eigenvalue weighted by Gasteiger charge is -2.37. The summed E-state index contributed by atoms with van der Waals surface area (Å²) in [7, 11) is 0. The fraction of sp³-hybridized carbons (Fsp3) is 1.00. The number of fused-ring (bicyclic) bond motifs is 1. The number of hydrogen-bond acceptors (Lipinski definition) is 3. The van der Waals surface area contributed by atoms with E-state index < -0.39 is 0 Å². The van der Waals surface area contributed by atoms with Crippen molar-refractivity contribution in [2.75, 3.05) is 32.8 Å². The summed E-state index contributed by atoms with van der Waals surface area (Å²) in [6.45, 7) is 7.78. The highest BCUT2D eigenvalue weighted by Gasteiger charge is 2.35. The number of morpholine rings is 1. The molecule has 0 aromatic heterocycles. The molecule has 0 spiro atoms. The molecule has 1 aliphatic carbocycles. The van der Waals surface area contributed by atoms with Crippen molar-refractivity contribution in [2.24, 2.45) is 0 Å². The molecule has 0 amide bonds. The second-order valence-corrected chi connectivity index (χ2v) is 4.69. The Balaban J connectivity index is 1.71. The van der Waals surface area contributed by atoms with E-state index in [0.717, 1.165) is 32.3 Å². The van der Waals surface area contributed by atoms with Gasteiger partial charge in [-0.2, -0.15) is 0 Å². The Labute approximate surface area is 93.2 Å². The minimum atomic E-state index is 0.546. The number of rotatable bonds is 5. The van der Waals surface area contributed by atoms with E-state index in [1.807, 2.05) is 0 Å². The van der Waals surface area contributed by atoms with Crippen molar-refractivity contribution in [3.63, 3.8) is 0 Å². The van der Waals surface area contributed by atoms with Gasteiger partial charge in [0.2, 0.25) is 0 Å². The third-order valence-electron chi connectivity index (χ3n) is 3.60. The van der Waals surface area contributed by atoms with Crippen LogP contribution in [0.1, 0.15) is 32.6 Å². The van der Waals surface area contributed by atoms with Gasteiger partial charge in [0.25, 0.3) is 0 Å². The molecule has 1 N–H and O–H groups in total. The van der Waals surface area contributed by atoms with Gasteiger partial charge in [-0.15, -0.1) is 0 Å². The Hall–Kier alpha value is -0.120. The Morgan fingerprint density at radius 3 is 3.13 bits per heavy atom. The number of nitrogens with zero attached hydrogens (tertiary/aromatic N) is 1. The Morgan fingerprint density at radius 2 is 2.27 bits per heavy atom. The highest BCUT2D eigenvalue weighted by Crippen LogP contribution is 2.29. The van der Waals surface area contributed by atoms with E-state index in [1.165, 1.54) is 32.2 Å². The Morgan fingerprint density at radius 1 is 1.33 bits per heavy atom. The lowest BCUT2D eigenvalue weighted by atomic mass is 10.1. The van der Waals surface area contributed by atoms with Crippen LogP contribution in [0.4, 0.5) is 0 Å². The molecule has 88 valence electrons. The maximum atomic E-state index is 5.80. The van der Waals surface area contributed by atoms with Crippen LogP contribution >= 0.6 is 0 Å². The van der Waals surface area contributed by atoms with Crippen LogP contribution < -0.4 is 5.32 Å². The molecule has 15 heavy (non-hydrogen) atoms. The molecule has 1 aliphatic heterocycles. The first-order chi connectivity index (χ1) is 7.42. The first-order valence-electron chi connectivity index (χ1n) is 6.48. The number of hydrogen-bond donors (Lipinski definition) is 1. The summed E-state index contributed by atoms with van der Waals surface area (Å²) >= 11 is 0. The molecular weight excluding hydrogens is 188 g/mol. The van der Waals surface area contributed by atoms with E-state index >= 15 is 0 Å². The quantitative estimate of drug-likeness (QED) is 0.694. The van der Waals surface area contributed by atoms with Gasteiger partial charge in [0, 0.05) is 25.7 Å². The minimum Gasteiger partial charge on any atom is -0.375 e. The van der Waals surface area contributed by atoms with Gasteiger partial charge >= 0.3 is 0 Å². The van der Waals surface area contributed by atoms with Crippen LogP contribution in [0.3, 0.4) is 0 Å². The first-order valence-corrected chi connectivity index (χ1v) is 6.48. The molecule has 0 bridgehead atoms. The second-order valence-electron chi connectivity index (χ2n) is 4.69. The number of ether oxygens (including phenoxy) is 1. The van der Waals surface area contributed by atoms with Gasteiger partial charge in [-0.1, -0.05) is 6.92 Å². The van der Waals surface area contributed by atoms with E-state index in [2.05, 4.69) is 17.1 Å². The van der Waals surface area contributed by atoms with Crippen molar-refractivity contribution in [3.05, 3.63) is 0 Å². The molecule has 2 fully saturated rings. The van der Waals surface area contributed by atoms with Gasteiger partial charge in [-0.25, -0.2) is 0 Å². The van der Waals surface area contributed by atoms with Crippen LogP contribution in [0.25, 0.3) is 0 Å². The Kier molecular flexibility index (Phi) is 4.42. The standard InChI is InChI=1S/C12H24N2O/c1-2-6-13-7-8-14-9-10-15-12-5-3-4-11(12)14/h11-13H,2-10H2,1H3. The molecule has 2 atom stereocenters. The van der Waals surface area contributed by atoms with E-state index in [0.29, 0.717) is 6.10 Å². The van der Waals surface area contributed by atoms with Crippen molar-refractivity contribution in [1.82, 2.24) is 10.2 Å². The summed E-state index contributed by atoms with van der Waals surface area (Å²) < 4.78 is 5.80. The maximum absolute atomic E-state index is 5.80. The molecular formula is C12H24N2O. The van der Waals surface area contributed by atoms with Crippen LogP contribution in [0, 0.1) is 0 Å². The van der Waals surface area contributed by atoms with E-state index in [-0.39, 0.29) is 0 Å². The van der Waals surface area contributed by atoms with Crippen molar-refractivity contribution in [3.8, 4) is 0 Å². The average Bonchev–Trinajstić information content (AvgIpc) is 2.73. The molecule has 0 aromatic rings. The molecule has 3 nitrogen and oxygen atoms in total. The molecule has 0 aromatic carbocycles. The second kappa shape index (κ2) is 5.83. The highest BCUT2D eigenvalue weighted by molar-refractivity contribution is 4.89. The van der Waals surface area contributed by atoms with Crippen LogP contribution in [0.5, 0.6) is 0 Å². The van der Waals surface area contributed by atoms with Crippen molar-refractivity contribution >= 4 is 0 Å². The number of nitrogens with one attached hydrogen (secondary N) is 1. The van der Waals surface area contributed by atoms with Gasteiger partial charge < -0.3 is 10.1 Å². The molecule has 1 saturated carbocycles. The summed E-state index contributed by atoms with van der Waals surface area (Å²) in [5, 5.41) is 3.48. The molecule has 1 saturated heterocycles. The fourth-order valence-electron chi connectivity index (χ4n) is 2.81. The Bertz CT molecular complexity index is 186. The summed E-state index contributed by atoms with van der Waals surface area (Å²) in [6, 6.07) is 0.724. The highest BCUT2D eigenvalue weighted by atomic mass is 16.5. The fourth-order valence-corrected chi connectivity index (χ4v) is 2.81. The van der Waals surface area contributed by atoms with E-state index in [4.69, 9.17) is 4.74 Å². The van der Waals surface area contributed by atoms with Gasteiger partial charge in [0.05, 0.1) is 12.7 Å². The predicted octanol–water partition coefficient (Wildman–Crippen LogP) is 1.24. The third kappa shape index (κ3) is 2.92.